The molecule has 0 bridgehead atoms. The summed E-state index contributed by atoms with van der Waals surface area (Å²) in [6, 6.07) is 12.2. The number of halogens is 4. The molecule has 0 saturated carbocycles. The van der Waals surface area contributed by atoms with Crippen LogP contribution in [0.25, 0.3) is 0 Å². The van der Waals surface area contributed by atoms with E-state index < -0.39 is 11.2 Å². The SMILES string of the molecule is Fc1c(Cl)cccc1C(Cl)Cc1cccc(Cl)c1. The second-order valence-electron chi connectivity index (χ2n) is 3.94. The maximum Gasteiger partial charge on any atom is 0.146 e. The van der Waals surface area contributed by atoms with E-state index in [0.29, 0.717) is 17.0 Å². The highest BCUT2D eigenvalue weighted by molar-refractivity contribution is 6.31. The second kappa shape index (κ2) is 5.92. The molecule has 0 saturated heterocycles. The molecule has 2 aromatic carbocycles. The summed E-state index contributed by atoms with van der Waals surface area (Å²) < 4.78 is 13.8. The van der Waals surface area contributed by atoms with Crippen LogP contribution in [0, 0.1) is 5.82 Å². The van der Waals surface area contributed by atoms with Crippen molar-refractivity contribution in [3.8, 4) is 0 Å². The Balaban J connectivity index is 2.22. The fraction of sp³-hybridized carbons (Fsp3) is 0.143. The van der Waals surface area contributed by atoms with E-state index in [1.165, 1.54) is 6.07 Å². The van der Waals surface area contributed by atoms with Gasteiger partial charge < -0.3 is 0 Å². The largest absolute Gasteiger partial charge is 0.205 e. The first-order valence-corrected chi connectivity index (χ1v) is 6.59. The summed E-state index contributed by atoms with van der Waals surface area (Å²) in [5.41, 5.74) is 1.37. The molecule has 0 aromatic heterocycles. The molecule has 0 nitrogen and oxygen atoms in total. The Hall–Kier alpha value is -0.760. The van der Waals surface area contributed by atoms with E-state index in [1.807, 2.05) is 18.2 Å². The first-order valence-electron chi connectivity index (χ1n) is 5.40. The maximum absolute atomic E-state index is 13.8. The Bertz CT molecular complexity index is 554. The standard InChI is InChI=1S/C14H10Cl3F/c15-10-4-1-3-9(7-10)8-13(17)11-5-2-6-12(16)14(11)18/h1-7,13H,8H2. The molecule has 1 atom stereocenters. The van der Waals surface area contributed by atoms with Gasteiger partial charge in [-0.2, -0.15) is 0 Å². The smallest absolute Gasteiger partial charge is 0.146 e. The van der Waals surface area contributed by atoms with Gasteiger partial charge in [0.1, 0.15) is 5.82 Å². The van der Waals surface area contributed by atoms with Gasteiger partial charge >= 0.3 is 0 Å². The normalized spacial score (nSPS) is 12.4. The molecule has 1 unspecified atom stereocenters. The summed E-state index contributed by atoms with van der Waals surface area (Å²) in [4.78, 5) is 0. The Morgan fingerprint density at radius 3 is 2.50 bits per heavy atom. The van der Waals surface area contributed by atoms with Crippen molar-refractivity contribution in [1.82, 2.24) is 0 Å². The fourth-order valence-electron chi connectivity index (χ4n) is 1.74. The summed E-state index contributed by atoms with van der Waals surface area (Å²) in [7, 11) is 0. The molecule has 0 heterocycles. The highest BCUT2D eigenvalue weighted by atomic mass is 35.5. The number of benzene rings is 2. The van der Waals surface area contributed by atoms with Gasteiger partial charge in [-0.05, 0) is 30.2 Å². The summed E-state index contributed by atoms with van der Waals surface area (Å²) >= 11 is 17.9. The van der Waals surface area contributed by atoms with Crippen molar-refractivity contribution in [3.63, 3.8) is 0 Å². The minimum Gasteiger partial charge on any atom is -0.205 e. The first kappa shape index (κ1) is 13.7. The molecule has 0 aliphatic rings. The lowest BCUT2D eigenvalue weighted by atomic mass is 10.0. The molecule has 0 aliphatic carbocycles. The van der Waals surface area contributed by atoms with Crippen LogP contribution in [0.2, 0.25) is 10.0 Å². The molecule has 0 spiro atoms. The van der Waals surface area contributed by atoms with E-state index in [-0.39, 0.29) is 5.02 Å². The van der Waals surface area contributed by atoms with Crippen LogP contribution in [0.5, 0.6) is 0 Å². The van der Waals surface area contributed by atoms with Crippen molar-refractivity contribution in [2.75, 3.05) is 0 Å². The van der Waals surface area contributed by atoms with Crippen LogP contribution in [0.3, 0.4) is 0 Å². The van der Waals surface area contributed by atoms with Crippen molar-refractivity contribution in [2.45, 2.75) is 11.8 Å². The highest BCUT2D eigenvalue weighted by Crippen LogP contribution is 2.30. The maximum atomic E-state index is 13.8. The molecular weight excluding hydrogens is 294 g/mol. The van der Waals surface area contributed by atoms with Gasteiger partial charge in [0, 0.05) is 10.6 Å². The summed E-state index contributed by atoms with van der Waals surface area (Å²) in [5, 5.41) is 0.259. The highest BCUT2D eigenvalue weighted by Gasteiger charge is 2.15. The van der Waals surface area contributed by atoms with E-state index in [1.54, 1.807) is 18.2 Å². The zero-order valence-electron chi connectivity index (χ0n) is 9.34. The minimum atomic E-state index is -0.470. The number of rotatable bonds is 3. The molecule has 0 amide bonds. The predicted octanol–water partition coefficient (Wildman–Crippen LogP) is 5.66. The monoisotopic (exact) mass is 302 g/mol. The van der Waals surface area contributed by atoms with Gasteiger partial charge in [0.15, 0.2) is 0 Å². The zero-order chi connectivity index (χ0) is 13.1. The molecular formula is C14H10Cl3F. The summed E-state index contributed by atoms with van der Waals surface area (Å²) in [5.74, 6) is -0.457. The van der Waals surface area contributed by atoms with Crippen LogP contribution >= 0.6 is 34.8 Å². The molecule has 2 rings (SSSR count). The molecule has 0 aliphatic heterocycles. The number of hydrogen-bond donors (Lipinski definition) is 0. The van der Waals surface area contributed by atoms with E-state index in [4.69, 9.17) is 34.8 Å². The summed E-state index contributed by atoms with van der Waals surface area (Å²) in [6.45, 7) is 0. The molecule has 2 aromatic rings. The van der Waals surface area contributed by atoms with Crippen LogP contribution < -0.4 is 0 Å². The summed E-state index contributed by atoms with van der Waals surface area (Å²) in [6.07, 6.45) is 0.499. The quantitative estimate of drug-likeness (QED) is 0.642. The van der Waals surface area contributed by atoms with Gasteiger partial charge in [0.05, 0.1) is 10.4 Å². The van der Waals surface area contributed by atoms with Crippen molar-refractivity contribution in [3.05, 3.63) is 69.5 Å². The number of hydrogen-bond acceptors (Lipinski definition) is 0. The Labute approximate surface area is 120 Å². The fourth-order valence-corrected chi connectivity index (χ4v) is 2.48. The zero-order valence-corrected chi connectivity index (χ0v) is 11.6. The van der Waals surface area contributed by atoms with Gasteiger partial charge in [0.2, 0.25) is 0 Å². The van der Waals surface area contributed by atoms with E-state index in [0.717, 1.165) is 5.56 Å². The van der Waals surface area contributed by atoms with Crippen LogP contribution in [-0.4, -0.2) is 0 Å². The van der Waals surface area contributed by atoms with E-state index in [9.17, 15) is 4.39 Å². The van der Waals surface area contributed by atoms with Crippen LogP contribution in [0.4, 0.5) is 4.39 Å². The van der Waals surface area contributed by atoms with Crippen molar-refractivity contribution in [2.24, 2.45) is 0 Å². The molecule has 18 heavy (non-hydrogen) atoms. The third-order valence-electron chi connectivity index (χ3n) is 2.62. The van der Waals surface area contributed by atoms with Gasteiger partial charge in [0.25, 0.3) is 0 Å². The lowest BCUT2D eigenvalue weighted by molar-refractivity contribution is 0.606. The minimum absolute atomic E-state index is 0.0873. The molecule has 0 radical (unpaired) electrons. The Kier molecular flexibility index (Phi) is 4.50. The average Bonchev–Trinajstić information content (AvgIpc) is 2.32. The van der Waals surface area contributed by atoms with E-state index >= 15 is 0 Å². The lowest BCUT2D eigenvalue weighted by Gasteiger charge is -2.12. The second-order valence-corrected chi connectivity index (χ2v) is 5.32. The molecule has 4 heteroatoms. The van der Waals surface area contributed by atoms with Crippen molar-refractivity contribution < 1.29 is 4.39 Å². The van der Waals surface area contributed by atoms with E-state index in [2.05, 4.69) is 0 Å². The Morgan fingerprint density at radius 1 is 1.06 bits per heavy atom. The lowest BCUT2D eigenvalue weighted by Crippen LogP contribution is -1.99. The predicted molar refractivity (Wildman–Crippen MR) is 75.2 cm³/mol. The third kappa shape index (κ3) is 3.17. The average molecular weight is 304 g/mol. The van der Waals surface area contributed by atoms with Gasteiger partial charge in [-0.1, -0.05) is 47.5 Å². The Morgan fingerprint density at radius 2 is 1.78 bits per heavy atom. The van der Waals surface area contributed by atoms with Gasteiger partial charge in [-0.25, -0.2) is 4.39 Å². The third-order valence-corrected chi connectivity index (χ3v) is 3.54. The van der Waals surface area contributed by atoms with Crippen LogP contribution in [-0.2, 0) is 6.42 Å². The molecule has 0 fully saturated rings. The van der Waals surface area contributed by atoms with Gasteiger partial charge in [-0.15, -0.1) is 11.6 Å². The van der Waals surface area contributed by atoms with Crippen LogP contribution in [0.15, 0.2) is 42.5 Å². The van der Waals surface area contributed by atoms with Gasteiger partial charge in [-0.3, -0.25) is 0 Å². The number of alkyl halides is 1. The van der Waals surface area contributed by atoms with Crippen LogP contribution in [0.1, 0.15) is 16.5 Å². The molecule has 0 N–H and O–H groups in total. The van der Waals surface area contributed by atoms with Crippen molar-refractivity contribution in [1.29, 1.82) is 0 Å². The van der Waals surface area contributed by atoms with Crippen molar-refractivity contribution >= 4 is 34.8 Å². The first-order chi connectivity index (χ1) is 8.58. The topological polar surface area (TPSA) is 0 Å². The molecule has 94 valence electrons.